The summed E-state index contributed by atoms with van der Waals surface area (Å²) in [5.41, 5.74) is 1.26. The topological polar surface area (TPSA) is 51.8 Å². The second kappa shape index (κ2) is 2.15. The molecule has 0 atom stereocenters. The molecule has 10 heavy (non-hydrogen) atoms. The predicted octanol–water partition coefficient (Wildman–Crippen LogP) is 1.22. The summed E-state index contributed by atoms with van der Waals surface area (Å²) in [5, 5.41) is 7.19. The first kappa shape index (κ1) is 6.02. The minimum absolute atomic E-state index is 0.556. The molecular weight excluding hydrogens is 245 g/mol. The second-order valence-electron chi connectivity index (χ2n) is 1.76. The first-order valence-corrected chi connectivity index (χ1v) is 3.68. The SMILES string of the molecule is Ic1cnc2nonc2c1. The van der Waals surface area contributed by atoms with Gasteiger partial charge >= 0.3 is 0 Å². The molecular formula is C5H2IN3O. The number of fused-ring (bicyclic) bond motifs is 1. The Morgan fingerprint density at radius 2 is 2.30 bits per heavy atom. The van der Waals surface area contributed by atoms with Crippen LogP contribution in [0.2, 0.25) is 0 Å². The number of rotatable bonds is 0. The van der Waals surface area contributed by atoms with Crippen LogP contribution in [0, 0.1) is 3.57 Å². The highest BCUT2D eigenvalue weighted by atomic mass is 127. The lowest BCUT2D eigenvalue weighted by molar-refractivity contribution is 0.315. The molecule has 2 aromatic heterocycles. The van der Waals surface area contributed by atoms with Crippen molar-refractivity contribution in [3.8, 4) is 0 Å². The van der Waals surface area contributed by atoms with E-state index in [0.717, 1.165) is 3.57 Å². The molecule has 0 aromatic carbocycles. The predicted molar refractivity (Wildman–Crippen MR) is 42.3 cm³/mol. The monoisotopic (exact) mass is 247 g/mol. The zero-order valence-corrected chi connectivity index (χ0v) is 6.94. The van der Waals surface area contributed by atoms with Crippen molar-refractivity contribution >= 4 is 33.8 Å². The molecule has 0 fully saturated rings. The smallest absolute Gasteiger partial charge is 0.224 e. The number of pyridine rings is 1. The zero-order chi connectivity index (χ0) is 6.97. The summed E-state index contributed by atoms with van der Waals surface area (Å²) in [5.74, 6) is 0. The van der Waals surface area contributed by atoms with E-state index in [4.69, 9.17) is 0 Å². The Bertz CT molecular complexity index is 358. The van der Waals surface area contributed by atoms with E-state index in [9.17, 15) is 0 Å². The van der Waals surface area contributed by atoms with Gasteiger partial charge < -0.3 is 0 Å². The Morgan fingerprint density at radius 3 is 3.20 bits per heavy atom. The van der Waals surface area contributed by atoms with Crippen molar-refractivity contribution in [3.63, 3.8) is 0 Å². The second-order valence-corrected chi connectivity index (χ2v) is 3.01. The van der Waals surface area contributed by atoms with E-state index in [1.165, 1.54) is 0 Å². The van der Waals surface area contributed by atoms with Gasteiger partial charge in [0, 0.05) is 9.77 Å². The summed E-state index contributed by atoms with van der Waals surface area (Å²) >= 11 is 2.15. The van der Waals surface area contributed by atoms with Crippen LogP contribution in [-0.2, 0) is 0 Å². The number of halogens is 1. The van der Waals surface area contributed by atoms with Gasteiger partial charge in [0.25, 0.3) is 0 Å². The van der Waals surface area contributed by atoms with Crippen LogP contribution in [0.25, 0.3) is 11.2 Å². The lowest BCUT2D eigenvalue weighted by Gasteiger charge is -1.83. The average Bonchev–Trinajstić information content (AvgIpc) is 2.33. The van der Waals surface area contributed by atoms with Gasteiger partial charge in [-0.15, -0.1) is 0 Å². The summed E-state index contributed by atoms with van der Waals surface area (Å²) in [7, 11) is 0. The highest BCUT2D eigenvalue weighted by Gasteiger charge is 1.99. The van der Waals surface area contributed by atoms with Crippen LogP contribution in [0.3, 0.4) is 0 Å². The third kappa shape index (κ3) is 0.859. The molecule has 0 radical (unpaired) electrons. The largest absolute Gasteiger partial charge is 0.242 e. The van der Waals surface area contributed by atoms with Gasteiger partial charge in [0.05, 0.1) is 0 Å². The fourth-order valence-corrected chi connectivity index (χ4v) is 1.10. The van der Waals surface area contributed by atoms with Gasteiger partial charge in [0.2, 0.25) is 5.65 Å². The minimum Gasteiger partial charge on any atom is -0.242 e. The van der Waals surface area contributed by atoms with Crippen LogP contribution >= 0.6 is 22.6 Å². The molecule has 0 aliphatic heterocycles. The molecule has 2 aromatic rings. The standard InChI is InChI=1S/C5H2IN3O/c6-3-1-4-5(7-2-3)9-10-8-4/h1-2H. The maximum absolute atomic E-state index is 4.45. The molecule has 2 heterocycles. The first-order chi connectivity index (χ1) is 4.86. The van der Waals surface area contributed by atoms with Gasteiger partial charge in [-0.1, -0.05) is 0 Å². The van der Waals surface area contributed by atoms with Gasteiger partial charge in [-0.3, -0.25) is 0 Å². The van der Waals surface area contributed by atoms with Crippen LogP contribution in [0.1, 0.15) is 0 Å². The first-order valence-electron chi connectivity index (χ1n) is 2.60. The van der Waals surface area contributed by atoms with Crippen LogP contribution in [0.4, 0.5) is 0 Å². The summed E-state index contributed by atoms with van der Waals surface area (Å²) in [6.45, 7) is 0. The fourth-order valence-electron chi connectivity index (χ4n) is 0.662. The van der Waals surface area contributed by atoms with Crippen molar-refractivity contribution in [3.05, 3.63) is 15.8 Å². The number of nitrogens with zero attached hydrogens (tertiary/aromatic N) is 3. The Hall–Kier alpha value is -0.720. The van der Waals surface area contributed by atoms with Crippen LogP contribution < -0.4 is 0 Å². The summed E-state index contributed by atoms with van der Waals surface area (Å²) < 4.78 is 5.48. The molecule has 0 aliphatic rings. The average molecular weight is 247 g/mol. The Balaban J connectivity index is 2.86. The van der Waals surface area contributed by atoms with E-state index in [-0.39, 0.29) is 0 Å². The molecule has 0 spiro atoms. The van der Waals surface area contributed by atoms with Crippen molar-refractivity contribution in [2.24, 2.45) is 0 Å². The quantitative estimate of drug-likeness (QED) is 0.657. The maximum Gasteiger partial charge on any atom is 0.224 e. The third-order valence-corrected chi connectivity index (χ3v) is 1.67. The molecule has 0 aliphatic carbocycles. The molecule has 0 saturated carbocycles. The molecule has 0 bridgehead atoms. The van der Waals surface area contributed by atoms with Crippen molar-refractivity contribution in [2.75, 3.05) is 0 Å². The van der Waals surface area contributed by atoms with Gasteiger partial charge in [0.15, 0.2) is 5.52 Å². The molecule has 0 saturated heterocycles. The molecule has 2 rings (SSSR count). The lowest BCUT2D eigenvalue weighted by Crippen LogP contribution is -1.77. The molecule has 0 N–H and O–H groups in total. The van der Waals surface area contributed by atoms with E-state index in [1.807, 2.05) is 6.07 Å². The van der Waals surface area contributed by atoms with Crippen LogP contribution in [0.5, 0.6) is 0 Å². The summed E-state index contributed by atoms with van der Waals surface area (Å²) in [6.07, 6.45) is 1.72. The Morgan fingerprint density at radius 1 is 1.40 bits per heavy atom. The highest BCUT2D eigenvalue weighted by Crippen LogP contribution is 2.09. The molecule has 5 heteroatoms. The van der Waals surface area contributed by atoms with Gasteiger partial charge in [-0.05, 0) is 39.0 Å². The van der Waals surface area contributed by atoms with E-state index in [1.54, 1.807) is 6.20 Å². The normalized spacial score (nSPS) is 10.5. The lowest BCUT2D eigenvalue weighted by atomic mass is 10.4. The molecule has 0 amide bonds. The number of hydrogen-bond acceptors (Lipinski definition) is 4. The van der Waals surface area contributed by atoms with Crippen LogP contribution in [-0.4, -0.2) is 15.3 Å². The Kier molecular flexibility index (Phi) is 1.30. The number of aromatic nitrogens is 3. The molecule has 50 valence electrons. The summed E-state index contributed by atoms with van der Waals surface area (Å²) in [4.78, 5) is 3.97. The van der Waals surface area contributed by atoms with Crippen molar-refractivity contribution in [2.45, 2.75) is 0 Å². The van der Waals surface area contributed by atoms with Crippen LogP contribution in [0.15, 0.2) is 16.9 Å². The van der Waals surface area contributed by atoms with Crippen molar-refractivity contribution in [1.29, 1.82) is 0 Å². The zero-order valence-electron chi connectivity index (χ0n) is 4.78. The Labute approximate surface area is 69.7 Å². The molecule has 4 nitrogen and oxygen atoms in total. The van der Waals surface area contributed by atoms with E-state index in [0.29, 0.717) is 11.2 Å². The van der Waals surface area contributed by atoms with Gasteiger partial charge in [-0.2, -0.15) is 0 Å². The van der Waals surface area contributed by atoms with E-state index in [2.05, 4.69) is 42.5 Å². The highest BCUT2D eigenvalue weighted by molar-refractivity contribution is 14.1. The third-order valence-electron chi connectivity index (χ3n) is 1.08. The van der Waals surface area contributed by atoms with Gasteiger partial charge in [-0.25, -0.2) is 9.61 Å². The van der Waals surface area contributed by atoms with E-state index >= 15 is 0 Å². The number of hydrogen-bond donors (Lipinski definition) is 0. The van der Waals surface area contributed by atoms with Gasteiger partial charge in [0.1, 0.15) is 0 Å². The van der Waals surface area contributed by atoms with E-state index < -0.39 is 0 Å². The fraction of sp³-hybridized carbons (Fsp3) is 0. The van der Waals surface area contributed by atoms with Crippen molar-refractivity contribution < 1.29 is 4.63 Å². The summed E-state index contributed by atoms with van der Waals surface area (Å²) in [6, 6.07) is 1.86. The maximum atomic E-state index is 4.45. The van der Waals surface area contributed by atoms with Crippen molar-refractivity contribution in [1.82, 2.24) is 15.3 Å². The minimum atomic E-state index is 0.556. The molecule has 0 unspecified atom stereocenters.